The Morgan fingerprint density at radius 2 is 1.92 bits per heavy atom. The van der Waals surface area contributed by atoms with Gasteiger partial charge in [0.1, 0.15) is 10.6 Å². The fourth-order valence-electron chi connectivity index (χ4n) is 3.67. The molecule has 2 atom stereocenters. The van der Waals surface area contributed by atoms with Gasteiger partial charge in [-0.15, -0.1) is 12.4 Å². The molecule has 2 heterocycles. The van der Waals surface area contributed by atoms with Crippen molar-refractivity contribution in [2.45, 2.75) is 36.2 Å². The van der Waals surface area contributed by atoms with Crippen LogP contribution in [-0.2, 0) is 10.0 Å². The summed E-state index contributed by atoms with van der Waals surface area (Å²) in [6, 6.07) is 5.04. The number of nitrogens with one attached hydrogen (secondary N) is 1. The van der Waals surface area contributed by atoms with Gasteiger partial charge in [-0.3, -0.25) is 4.79 Å². The summed E-state index contributed by atoms with van der Waals surface area (Å²) in [5.41, 5.74) is 0.389. The van der Waals surface area contributed by atoms with Gasteiger partial charge in [0.25, 0.3) is 5.91 Å². The van der Waals surface area contributed by atoms with E-state index in [9.17, 15) is 13.2 Å². The number of rotatable bonds is 4. The third-order valence-electron chi connectivity index (χ3n) is 5.06. The number of amides is 1. The van der Waals surface area contributed by atoms with Crippen molar-refractivity contribution in [3.63, 3.8) is 0 Å². The largest absolute Gasteiger partial charge is 0.495 e. The second-order valence-electron chi connectivity index (χ2n) is 6.74. The Bertz CT molecular complexity index is 755. The van der Waals surface area contributed by atoms with Crippen LogP contribution in [0, 0.1) is 0 Å². The van der Waals surface area contributed by atoms with Crippen molar-refractivity contribution in [3.05, 3.63) is 23.8 Å². The zero-order valence-electron chi connectivity index (χ0n) is 15.3. The summed E-state index contributed by atoms with van der Waals surface area (Å²) in [5.74, 6) is 0.139. The zero-order valence-corrected chi connectivity index (χ0v) is 16.9. The number of ether oxygens (including phenoxy) is 1. The monoisotopic (exact) mass is 403 g/mol. The molecule has 1 N–H and O–H groups in total. The van der Waals surface area contributed by atoms with Gasteiger partial charge < -0.3 is 15.0 Å². The molecule has 1 aromatic rings. The number of benzene rings is 1. The molecule has 2 bridgehead atoms. The van der Waals surface area contributed by atoms with Crippen LogP contribution in [0.3, 0.4) is 0 Å². The Balaban J connectivity index is 0.00000243. The lowest BCUT2D eigenvalue weighted by molar-refractivity contribution is 0.0680. The maximum atomic E-state index is 13.1. The third-order valence-corrected chi connectivity index (χ3v) is 6.89. The van der Waals surface area contributed by atoms with E-state index in [0.29, 0.717) is 5.56 Å². The van der Waals surface area contributed by atoms with Crippen LogP contribution < -0.4 is 10.1 Å². The van der Waals surface area contributed by atoms with Crippen molar-refractivity contribution < 1.29 is 17.9 Å². The van der Waals surface area contributed by atoms with Gasteiger partial charge in [-0.25, -0.2) is 12.7 Å². The molecule has 1 aromatic carbocycles. The van der Waals surface area contributed by atoms with Crippen LogP contribution >= 0.6 is 12.4 Å². The van der Waals surface area contributed by atoms with Gasteiger partial charge in [-0.1, -0.05) is 0 Å². The zero-order chi connectivity index (χ0) is 18.2. The van der Waals surface area contributed by atoms with Crippen LogP contribution in [0.15, 0.2) is 23.1 Å². The number of methoxy groups -OCH3 is 1. The average Bonchev–Trinajstić information content (AvgIpc) is 2.86. The van der Waals surface area contributed by atoms with Crippen LogP contribution in [0.4, 0.5) is 0 Å². The van der Waals surface area contributed by atoms with Crippen molar-refractivity contribution in [1.82, 2.24) is 14.5 Å². The Labute approximate surface area is 161 Å². The molecule has 0 radical (unpaired) electrons. The Morgan fingerprint density at radius 3 is 2.58 bits per heavy atom. The van der Waals surface area contributed by atoms with Crippen LogP contribution in [0.1, 0.15) is 29.6 Å². The normalized spacial score (nSPS) is 22.7. The molecule has 2 unspecified atom stereocenters. The molecule has 2 fully saturated rings. The summed E-state index contributed by atoms with van der Waals surface area (Å²) in [5, 5.41) is 3.37. The first-order valence-corrected chi connectivity index (χ1v) is 9.94. The van der Waals surface area contributed by atoms with E-state index in [-0.39, 0.29) is 41.0 Å². The number of nitrogens with zero attached hydrogens (tertiary/aromatic N) is 2. The molecule has 0 spiro atoms. The first-order chi connectivity index (χ1) is 11.9. The number of halogens is 1. The molecule has 2 aliphatic rings. The fraction of sp³-hybridized carbons (Fsp3) is 0.588. The highest BCUT2D eigenvalue weighted by atomic mass is 35.5. The van der Waals surface area contributed by atoms with Crippen LogP contribution in [-0.4, -0.2) is 69.9 Å². The number of fused-ring (bicyclic) bond motifs is 2. The Kier molecular flexibility index (Phi) is 6.55. The lowest BCUT2D eigenvalue weighted by Crippen LogP contribution is -2.42. The van der Waals surface area contributed by atoms with E-state index in [0.717, 1.165) is 36.7 Å². The van der Waals surface area contributed by atoms with Gasteiger partial charge in [0.15, 0.2) is 0 Å². The predicted octanol–water partition coefficient (Wildman–Crippen LogP) is 1.33. The molecule has 2 aliphatic heterocycles. The van der Waals surface area contributed by atoms with Crippen molar-refractivity contribution in [1.29, 1.82) is 0 Å². The Morgan fingerprint density at radius 1 is 1.23 bits per heavy atom. The van der Waals surface area contributed by atoms with E-state index >= 15 is 0 Å². The lowest BCUT2D eigenvalue weighted by atomic mass is 10.1. The van der Waals surface area contributed by atoms with Crippen molar-refractivity contribution >= 4 is 28.3 Å². The SMILES string of the molecule is COc1ccc(C(=O)N2C3CCNCC2CC3)cc1S(=O)(=O)N(C)C.Cl. The highest BCUT2D eigenvalue weighted by molar-refractivity contribution is 7.89. The van der Waals surface area contributed by atoms with E-state index in [1.54, 1.807) is 12.1 Å². The lowest BCUT2D eigenvalue weighted by Gasteiger charge is -2.28. The van der Waals surface area contributed by atoms with Gasteiger partial charge in [0, 0.05) is 38.3 Å². The maximum Gasteiger partial charge on any atom is 0.254 e. The second-order valence-corrected chi connectivity index (χ2v) is 8.86. The molecule has 1 amide bonds. The van der Waals surface area contributed by atoms with Gasteiger partial charge in [-0.05, 0) is 44.0 Å². The molecule has 26 heavy (non-hydrogen) atoms. The van der Waals surface area contributed by atoms with Gasteiger partial charge in [0.05, 0.1) is 7.11 Å². The van der Waals surface area contributed by atoms with Crippen LogP contribution in [0.25, 0.3) is 0 Å². The Hall–Kier alpha value is -1.35. The summed E-state index contributed by atoms with van der Waals surface area (Å²) in [6.07, 6.45) is 2.93. The summed E-state index contributed by atoms with van der Waals surface area (Å²) >= 11 is 0. The molecule has 7 nitrogen and oxygen atoms in total. The number of hydrogen-bond acceptors (Lipinski definition) is 5. The van der Waals surface area contributed by atoms with Crippen LogP contribution in [0.5, 0.6) is 5.75 Å². The summed E-state index contributed by atoms with van der Waals surface area (Å²) in [7, 11) is 0.648. The number of carbonyl (C=O) groups excluding carboxylic acids is 1. The predicted molar refractivity (Wildman–Crippen MR) is 102 cm³/mol. The molecule has 3 rings (SSSR count). The van der Waals surface area contributed by atoms with Crippen LogP contribution in [0.2, 0.25) is 0 Å². The van der Waals surface area contributed by atoms with E-state index < -0.39 is 10.0 Å². The minimum Gasteiger partial charge on any atom is -0.495 e. The third kappa shape index (κ3) is 3.69. The molecule has 2 saturated heterocycles. The van der Waals surface area contributed by atoms with E-state index in [1.165, 1.54) is 27.3 Å². The minimum absolute atomic E-state index is 0. The highest BCUT2D eigenvalue weighted by Gasteiger charge is 2.38. The molecular formula is C17H26ClN3O4S. The van der Waals surface area contributed by atoms with Crippen molar-refractivity contribution in [2.75, 3.05) is 34.3 Å². The molecular weight excluding hydrogens is 378 g/mol. The first-order valence-electron chi connectivity index (χ1n) is 8.50. The standard InChI is InChI=1S/C17H25N3O4S.ClH/c1-19(2)25(22,23)16-10-12(4-7-15(16)24-3)17(21)20-13-5-6-14(20)11-18-9-8-13;/h4,7,10,13-14,18H,5-6,8-9,11H2,1-3H3;1H. The number of carbonyl (C=O) groups is 1. The second kappa shape index (κ2) is 8.12. The topological polar surface area (TPSA) is 79.0 Å². The summed E-state index contributed by atoms with van der Waals surface area (Å²) in [4.78, 5) is 15.1. The molecule has 0 aliphatic carbocycles. The van der Waals surface area contributed by atoms with E-state index in [4.69, 9.17) is 4.74 Å². The average molecular weight is 404 g/mol. The highest BCUT2D eigenvalue weighted by Crippen LogP contribution is 2.32. The van der Waals surface area contributed by atoms with Gasteiger partial charge >= 0.3 is 0 Å². The van der Waals surface area contributed by atoms with E-state index in [1.807, 2.05) is 4.90 Å². The summed E-state index contributed by atoms with van der Waals surface area (Å²) in [6.45, 7) is 1.70. The molecule has 9 heteroatoms. The number of sulfonamides is 1. The van der Waals surface area contributed by atoms with Crippen molar-refractivity contribution in [3.8, 4) is 5.75 Å². The quantitative estimate of drug-likeness (QED) is 0.820. The summed E-state index contributed by atoms with van der Waals surface area (Å²) < 4.78 is 31.5. The minimum atomic E-state index is -3.70. The number of hydrogen-bond donors (Lipinski definition) is 1. The smallest absolute Gasteiger partial charge is 0.254 e. The first kappa shape index (κ1) is 21.0. The van der Waals surface area contributed by atoms with E-state index in [2.05, 4.69) is 5.32 Å². The maximum absolute atomic E-state index is 13.1. The molecule has 146 valence electrons. The molecule has 0 aromatic heterocycles. The fourth-order valence-corrected chi connectivity index (χ4v) is 4.75. The van der Waals surface area contributed by atoms with Gasteiger partial charge in [-0.2, -0.15) is 0 Å². The van der Waals surface area contributed by atoms with Gasteiger partial charge in [0.2, 0.25) is 10.0 Å². The molecule has 0 saturated carbocycles. The van der Waals surface area contributed by atoms with Crippen molar-refractivity contribution in [2.24, 2.45) is 0 Å².